The van der Waals surface area contributed by atoms with E-state index in [-0.39, 0.29) is 12.1 Å². The van der Waals surface area contributed by atoms with Crippen molar-refractivity contribution in [1.29, 1.82) is 0 Å². The van der Waals surface area contributed by atoms with Gasteiger partial charge in [0, 0.05) is 38.8 Å². The number of urea groups is 1. The van der Waals surface area contributed by atoms with Crippen LogP contribution in [0.25, 0.3) is 0 Å². The molecule has 1 N–H and O–H groups in total. The number of carbonyl (C=O) groups is 1. The number of rotatable bonds is 7. The van der Waals surface area contributed by atoms with Crippen LogP contribution in [0, 0.1) is 0 Å². The van der Waals surface area contributed by atoms with Crippen molar-refractivity contribution in [2.24, 2.45) is 0 Å². The van der Waals surface area contributed by atoms with E-state index in [0.717, 1.165) is 38.9 Å². The second-order valence-corrected chi connectivity index (χ2v) is 9.19. The van der Waals surface area contributed by atoms with Crippen molar-refractivity contribution in [1.82, 2.24) is 19.4 Å². The number of carbonyl (C=O) groups excluding carboxylic acids is 1. The Labute approximate surface area is 152 Å². The summed E-state index contributed by atoms with van der Waals surface area (Å²) >= 11 is 0. The quantitative estimate of drug-likeness (QED) is 0.729. The monoisotopic (exact) mass is 374 g/mol. The Morgan fingerprint density at radius 3 is 2.52 bits per heavy atom. The lowest BCUT2D eigenvalue weighted by Crippen LogP contribution is -2.54. The Kier molecular flexibility index (Phi) is 7.96. The van der Waals surface area contributed by atoms with Crippen LogP contribution in [-0.2, 0) is 10.0 Å². The second kappa shape index (κ2) is 9.73. The molecule has 0 aromatic carbocycles. The van der Waals surface area contributed by atoms with Crippen LogP contribution in [0.4, 0.5) is 4.79 Å². The van der Waals surface area contributed by atoms with E-state index in [2.05, 4.69) is 10.2 Å². The largest absolute Gasteiger partial charge is 0.338 e. The van der Waals surface area contributed by atoms with E-state index in [1.54, 1.807) is 9.21 Å². The minimum atomic E-state index is -3.28. The SMILES string of the molecule is CCCNC(=O)N1CCCC(N(CCN2CCCCC2)S(C)(=O)=O)C1. The number of likely N-dealkylation sites (tertiary alicyclic amines) is 2. The zero-order chi connectivity index (χ0) is 18.3. The average Bonchev–Trinajstić information content (AvgIpc) is 2.60. The molecule has 2 fully saturated rings. The number of amides is 2. The van der Waals surface area contributed by atoms with Crippen LogP contribution in [0.1, 0.15) is 45.4 Å². The summed E-state index contributed by atoms with van der Waals surface area (Å²) in [7, 11) is -3.28. The Bertz CT molecular complexity index is 520. The first-order valence-electron chi connectivity index (χ1n) is 9.63. The molecule has 2 rings (SSSR count). The molecule has 0 spiro atoms. The van der Waals surface area contributed by atoms with Crippen LogP contribution in [0.2, 0.25) is 0 Å². The van der Waals surface area contributed by atoms with Crippen molar-refractivity contribution < 1.29 is 13.2 Å². The highest BCUT2D eigenvalue weighted by Gasteiger charge is 2.32. The summed E-state index contributed by atoms with van der Waals surface area (Å²) in [5, 5.41) is 2.89. The third kappa shape index (κ3) is 6.42. The minimum Gasteiger partial charge on any atom is -0.338 e. The summed E-state index contributed by atoms with van der Waals surface area (Å²) in [5.74, 6) is 0. The number of nitrogens with one attached hydrogen (secondary N) is 1. The predicted octanol–water partition coefficient (Wildman–Crippen LogP) is 1.32. The van der Waals surface area contributed by atoms with E-state index >= 15 is 0 Å². The molecule has 25 heavy (non-hydrogen) atoms. The van der Waals surface area contributed by atoms with Gasteiger partial charge in [-0.1, -0.05) is 13.3 Å². The average molecular weight is 375 g/mol. The fourth-order valence-electron chi connectivity index (χ4n) is 3.76. The zero-order valence-electron chi connectivity index (χ0n) is 15.7. The van der Waals surface area contributed by atoms with Crippen molar-refractivity contribution in [3.63, 3.8) is 0 Å². The van der Waals surface area contributed by atoms with Crippen LogP contribution in [0.15, 0.2) is 0 Å². The molecule has 2 aliphatic rings. The van der Waals surface area contributed by atoms with Crippen molar-refractivity contribution in [2.45, 2.75) is 51.5 Å². The molecule has 1 atom stereocenters. The van der Waals surface area contributed by atoms with Gasteiger partial charge >= 0.3 is 6.03 Å². The summed E-state index contributed by atoms with van der Waals surface area (Å²) in [6.45, 7) is 7.30. The summed E-state index contributed by atoms with van der Waals surface area (Å²) in [6.07, 6.45) is 7.54. The van der Waals surface area contributed by atoms with Crippen molar-refractivity contribution >= 4 is 16.1 Å². The van der Waals surface area contributed by atoms with Gasteiger partial charge in [-0.3, -0.25) is 0 Å². The third-order valence-electron chi connectivity index (χ3n) is 5.13. The van der Waals surface area contributed by atoms with Gasteiger partial charge in [-0.2, -0.15) is 4.31 Å². The van der Waals surface area contributed by atoms with E-state index in [0.29, 0.717) is 26.2 Å². The summed E-state index contributed by atoms with van der Waals surface area (Å²) in [6, 6.07) is -0.183. The van der Waals surface area contributed by atoms with E-state index < -0.39 is 10.0 Å². The van der Waals surface area contributed by atoms with E-state index in [4.69, 9.17) is 0 Å². The number of hydrogen-bond acceptors (Lipinski definition) is 4. The summed E-state index contributed by atoms with van der Waals surface area (Å²) in [5.41, 5.74) is 0. The fraction of sp³-hybridized carbons (Fsp3) is 0.941. The predicted molar refractivity (Wildman–Crippen MR) is 100 cm³/mol. The Morgan fingerprint density at radius 2 is 1.88 bits per heavy atom. The van der Waals surface area contributed by atoms with Gasteiger partial charge in [-0.05, 0) is 45.2 Å². The van der Waals surface area contributed by atoms with Gasteiger partial charge in [0.05, 0.1) is 6.26 Å². The Hall–Kier alpha value is -0.860. The highest BCUT2D eigenvalue weighted by atomic mass is 32.2. The molecule has 0 aromatic heterocycles. The van der Waals surface area contributed by atoms with Crippen LogP contribution in [0.3, 0.4) is 0 Å². The highest BCUT2D eigenvalue weighted by Crippen LogP contribution is 2.19. The van der Waals surface area contributed by atoms with E-state index in [1.165, 1.54) is 25.5 Å². The molecule has 146 valence electrons. The first kappa shape index (κ1) is 20.5. The number of piperidine rings is 2. The Morgan fingerprint density at radius 1 is 1.16 bits per heavy atom. The van der Waals surface area contributed by atoms with Crippen LogP contribution in [-0.4, -0.2) is 86.7 Å². The zero-order valence-corrected chi connectivity index (χ0v) is 16.6. The summed E-state index contributed by atoms with van der Waals surface area (Å²) in [4.78, 5) is 16.3. The molecule has 0 saturated carbocycles. The van der Waals surface area contributed by atoms with Crippen LogP contribution in [0.5, 0.6) is 0 Å². The molecule has 2 saturated heterocycles. The lowest BCUT2D eigenvalue weighted by Gasteiger charge is -2.39. The molecular formula is C17H34N4O3S. The van der Waals surface area contributed by atoms with E-state index in [9.17, 15) is 13.2 Å². The standard InChI is InChI=1S/C17H34N4O3S/c1-3-9-18-17(22)20-12-7-8-16(15-20)21(25(2,23)24)14-13-19-10-5-4-6-11-19/h16H,3-15H2,1-2H3,(H,18,22). The van der Waals surface area contributed by atoms with Crippen LogP contribution < -0.4 is 5.32 Å². The molecule has 0 aromatic rings. The minimum absolute atomic E-state index is 0.0731. The van der Waals surface area contributed by atoms with E-state index in [1.807, 2.05) is 6.92 Å². The molecule has 8 heteroatoms. The van der Waals surface area contributed by atoms with Crippen molar-refractivity contribution in [3.05, 3.63) is 0 Å². The molecule has 1 unspecified atom stereocenters. The normalized spacial score (nSPS) is 23.0. The van der Waals surface area contributed by atoms with Gasteiger partial charge in [0.2, 0.25) is 10.0 Å². The maximum Gasteiger partial charge on any atom is 0.317 e. The molecule has 0 aliphatic carbocycles. The lowest BCUT2D eigenvalue weighted by molar-refractivity contribution is 0.140. The first-order valence-corrected chi connectivity index (χ1v) is 11.5. The molecular weight excluding hydrogens is 340 g/mol. The maximum absolute atomic E-state index is 12.3. The highest BCUT2D eigenvalue weighted by molar-refractivity contribution is 7.88. The topological polar surface area (TPSA) is 73.0 Å². The number of sulfonamides is 1. The second-order valence-electron chi connectivity index (χ2n) is 7.25. The molecule has 2 aliphatic heterocycles. The van der Waals surface area contributed by atoms with Gasteiger partial charge in [0.25, 0.3) is 0 Å². The number of hydrogen-bond donors (Lipinski definition) is 1. The molecule has 2 amide bonds. The maximum atomic E-state index is 12.3. The van der Waals surface area contributed by atoms with Gasteiger partial charge < -0.3 is 15.1 Å². The van der Waals surface area contributed by atoms with Gasteiger partial charge in [-0.25, -0.2) is 13.2 Å². The van der Waals surface area contributed by atoms with Crippen molar-refractivity contribution in [2.75, 3.05) is 52.1 Å². The molecule has 0 bridgehead atoms. The first-order chi connectivity index (χ1) is 11.9. The summed E-state index contributed by atoms with van der Waals surface area (Å²) < 4.78 is 26.3. The van der Waals surface area contributed by atoms with Gasteiger partial charge in [-0.15, -0.1) is 0 Å². The van der Waals surface area contributed by atoms with Gasteiger partial charge in [0.15, 0.2) is 0 Å². The number of nitrogens with zero attached hydrogens (tertiary/aromatic N) is 3. The van der Waals surface area contributed by atoms with Crippen LogP contribution >= 0.6 is 0 Å². The van der Waals surface area contributed by atoms with Crippen molar-refractivity contribution in [3.8, 4) is 0 Å². The smallest absolute Gasteiger partial charge is 0.317 e. The fourth-order valence-corrected chi connectivity index (χ4v) is 4.89. The third-order valence-corrected chi connectivity index (χ3v) is 6.46. The Balaban J connectivity index is 1.95. The van der Waals surface area contributed by atoms with Gasteiger partial charge in [0.1, 0.15) is 0 Å². The molecule has 7 nitrogen and oxygen atoms in total. The molecule has 2 heterocycles. The molecule has 0 radical (unpaired) electrons. The lowest BCUT2D eigenvalue weighted by atomic mass is 10.1.